The Hall–Kier alpha value is -1.69. The molecule has 0 atom stereocenters. The predicted molar refractivity (Wildman–Crippen MR) is 69.2 cm³/mol. The lowest BCUT2D eigenvalue weighted by molar-refractivity contribution is 0.0146. The third-order valence-corrected chi connectivity index (χ3v) is 3.25. The van der Waals surface area contributed by atoms with Gasteiger partial charge < -0.3 is 15.4 Å². The zero-order valence-corrected chi connectivity index (χ0v) is 10.9. The van der Waals surface area contributed by atoms with Crippen molar-refractivity contribution in [3.05, 3.63) is 23.6 Å². The lowest BCUT2D eigenvalue weighted by Gasteiger charge is -2.31. The smallest absolute Gasteiger partial charge is 0.257 e. The molecule has 19 heavy (non-hydrogen) atoms. The number of halogens is 1. The van der Waals surface area contributed by atoms with E-state index in [4.69, 9.17) is 10.5 Å². The van der Waals surface area contributed by atoms with Crippen LogP contribution in [0.4, 0.5) is 10.2 Å². The molecule has 0 saturated carbocycles. The first-order chi connectivity index (χ1) is 9.11. The summed E-state index contributed by atoms with van der Waals surface area (Å²) in [5.41, 5.74) is 5.76. The largest absolute Gasteiger partial charge is 0.383 e. The van der Waals surface area contributed by atoms with Gasteiger partial charge in [-0.1, -0.05) is 0 Å². The molecule has 1 amide bonds. The number of piperidine rings is 1. The number of ether oxygens (including phenoxy) is 1. The number of nitrogens with two attached hydrogens (primary N) is 1. The number of pyridine rings is 1. The van der Waals surface area contributed by atoms with Crippen LogP contribution < -0.4 is 5.73 Å². The first kappa shape index (κ1) is 13.7. The minimum atomic E-state index is -0.554. The van der Waals surface area contributed by atoms with Gasteiger partial charge in [-0.25, -0.2) is 9.37 Å². The van der Waals surface area contributed by atoms with Crippen LogP contribution in [0.15, 0.2) is 12.3 Å². The fourth-order valence-corrected chi connectivity index (χ4v) is 2.25. The molecular weight excluding hydrogens is 249 g/mol. The van der Waals surface area contributed by atoms with Gasteiger partial charge in [0.1, 0.15) is 11.6 Å². The van der Waals surface area contributed by atoms with E-state index in [-0.39, 0.29) is 23.4 Å². The van der Waals surface area contributed by atoms with Crippen LogP contribution in [-0.2, 0) is 4.74 Å². The minimum Gasteiger partial charge on any atom is -0.383 e. The fraction of sp³-hybridized carbons (Fsp3) is 0.538. The molecule has 2 N–H and O–H groups in total. The Morgan fingerprint density at radius 2 is 2.26 bits per heavy atom. The summed E-state index contributed by atoms with van der Waals surface area (Å²) in [5, 5.41) is 0. The molecule has 5 nitrogen and oxygen atoms in total. The highest BCUT2D eigenvalue weighted by molar-refractivity contribution is 5.98. The zero-order chi connectivity index (χ0) is 13.8. The number of likely N-dealkylation sites (tertiary alicyclic amines) is 1. The van der Waals surface area contributed by atoms with Gasteiger partial charge in [0.05, 0.1) is 17.9 Å². The molecule has 1 aliphatic heterocycles. The van der Waals surface area contributed by atoms with Gasteiger partial charge in [-0.2, -0.15) is 0 Å². The number of nitrogens with zero attached hydrogens (tertiary/aromatic N) is 2. The highest BCUT2D eigenvalue weighted by atomic mass is 19.1. The van der Waals surface area contributed by atoms with Crippen LogP contribution in [0.2, 0.25) is 0 Å². The van der Waals surface area contributed by atoms with Gasteiger partial charge in [0.2, 0.25) is 0 Å². The quantitative estimate of drug-likeness (QED) is 0.900. The van der Waals surface area contributed by atoms with E-state index < -0.39 is 5.82 Å². The van der Waals surface area contributed by atoms with E-state index in [0.29, 0.717) is 19.7 Å². The lowest BCUT2D eigenvalue weighted by atomic mass is 10.1. The second-order valence-electron chi connectivity index (χ2n) is 4.53. The third-order valence-electron chi connectivity index (χ3n) is 3.25. The van der Waals surface area contributed by atoms with Crippen molar-refractivity contribution in [2.75, 3.05) is 25.4 Å². The molecule has 104 valence electrons. The van der Waals surface area contributed by atoms with E-state index >= 15 is 0 Å². The highest BCUT2D eigenvalue weighted by Gasteiger charge is 2.25. The molecule has 2 heterocycles. The number of hydrogen-bond donors (Lipinski definition) is 1. The van der Waals surface area contributed by atoms with E-state index in [2.05, 4.69) is 4.98 Å². The Morgan fingerprint density at radius 3 is 2.89 bits per heavy atom. The van der Waals surface area contributed by atoms with E-state index in [1.54, 1.807) is 4.90 Å². The number of nitrogen functional groups attached to an aromatic ring is 1. The Kier molecular flexibility index (Phi) is 4.31. The monoisotopic (exact) mass is 267 g/mol. The van der Waals surface area contributed by atoms with Crippen LogP contribution in [0.5, 0.6) is 0 Å². The fourth-order valence-electron chi connectivity index (χ4n) is 2.25. The van der Waals surface area contributed by atoms with Crippen LogP contribution in [0.25, 0.3) is 0 Å². The van der Waals surface area contributed by atoms with Crippen LogP contribution in [-0.4, -0.2) is 41.6 Å². The molecule has 0 aromatic carbocycles. The first-order valence-electron chi connectivity index (χ1n) is 6.43. The van der Waals surface area contributed by atoms with Crippen molar-refractivity contribution in [1.29, 1.82) is 0 Å². The topological polar surface area (TPSA) is 68.5 Å². The average molecular weight is 267 g/mol. The van der Waals surface area contributed by atoms with E-state index in [0.717, 1.165) is 25.1 Å². The van der Waals surface area contributed by atoms with Gasteiger partial charge in [0.15, 0.2) is 0 Å². The van der Waals surface area contributed by atoms with Gasteiger partial charge in [-0.15, -0.1) is 0 Å². The van der Waals surface area contributed by atoms with E-state index in [9.17, 15) is 9.18 Å². The lowest BCUT2D eigenvalue weighted by Crippen LogP contribution is -2.41. The molecule has 0 bridgehead atoms. The number of anilines is 1. The Bertz CT molecular complexity index is 459. The maximum Gasteiger partial charge on any atom is 0.257 e. The molecule has 2 rings (SSSR count). The van der Waals surface area contributed by atoms with Gasteiger partial charge >= 0.3 is 0 Å². The molecule has 1 aliphatic rings. The van der Waals surface area contributed by atoms with Crippen molar-refractivity contribution in [3.63, 3.8) is 0 Å². The van der Waals surface area contributed by atoms with Crippen molar-refractivity contribution in [1.82, 2.24) is 9.88 Å². The maximum absolute atomic E-state index is 13.1. The first-order valence-corrected chi connectivity index (χ1v) is 6.43. The Balaban J connectivity index is 2.03. The van der Waals surface area contributed by atoms with Crippen LogP contribution in [0.1, 0.15) is 30.1 Å². The van der Waals surface area contributed by atoms with E-state index in [1.807, 2.05) is 6.92 Å². The molecule has 0 aliphatic carbocycles. The molecule has 1 saturated heterocycles. The summed E-state index contributed by atoms with van der Waals surface area (Å²) in [4.78, 5) is 17.6. The Morgan fingerprint density at radius 1 is 1.58 bits per heavy atom. The molecule has 1 fully saturated rings. The zero-order valence-electron chi connectivity index (χ0n) is 10.9. The number of carbonyl (C=O) groups excluding carboxylic acids is 1. The van der Waals surface area contributed by atoms with Gasteiger partial charge in [-0.3, -0.25) is 4.79 Å². The number of amides is 1. The number of rotatable bonds is 3. The Labute approximate surface area is 111 Å². The summed E-state index contributed by atoms with van der Waals surface area (Å²) >= 11 is 0. The summed E-state index contributed by atoms with van der Waals surface area (Å²) in [6.45, 7) is 3.83. The van der Waals surface area contributed by atoms with E-state index in [1.165, 1.54) is 0 Å². The van der Waals surface area contributed by atoms with Crippen molar-refractivity contribution in [3.8, 4) is 0 Å². The standard InChI is InChI=1S/C13H18FN3O2/c1-2-19-10-3-5-17(6-4-10)13(18)11-7-9(14)8-16-12(11)15/h7-8,10H,2-6H2,1H3,(H2,15,16). The number of hydrogen-bond acceptors (Lipinski definition) is 4. The van der Waals surface area contributed by atoms with Crippen LogP contribution >= 0.6 is 0 Å². The summed E-state index contributed by atoms with van der Waals surface area (Å²) in [5.74, 6) is -0.750. The SMILES string of the molecule is CCOC1CCN(C(=O)c2cc(F)cnc2N)CC1. The summed E-state index contributed by atoms with van der Waals surface area (Å²) < 4.78 is 18.7. The second-order valence-corrected chi connectivity index (χ2v) is 4.53. The maximum atomic E-state index is 13.1. The van der Waals surface area contributed by atoms with Crippen molar-refractivity contribution in [2.45, 2.75) is 25.9 Å². The van der Waals surface area contributed by atoms with Crippen LogP contribution in [0, 0.1) is 5.82 Å². The normalized spacial score (nSPS) is 16.6. The number of carbonyl (C=O) groups is 1. The van der Waals surface area contributed by atoms with Crippen molar-refractivity contribution >= 4 is 11.7 Å². The van der Waals surface area contributed by atoms with Gasteiger partial charge in [0.25, 0.3) is 5.91 Å². The number of aromatic nitrogens is 1. The molecule has 1 aromatic heterocycles. The van der Waals surface area contributed by atoms with Gasteiger partial charge in [-0.05, 0) is 25.8 Å². The molecule has 1 aromatic rings. The molecular formula is C13H18FN3O2. The van der Waals surface area contributed by atoms with Gasteiger partial charge in [0, 0.05) is 19.7 Å². The second kappa shape index (κ2) is 5.97. The molecule has 0 unspecified atom stereocenters. The van der Waals surface area contributed by atoms with Crippen LogP contribution in [0.3, 0.4) is 0 Å². The molecule has 6 heteroatoms. The third kappa shape index (κ3) is 3.20. The molecule has 0 radical (unpaired) electrons. The van der Waals surface area contributed by atoms with Crippen molar-refractivity contribution in [2.24, 2.45) is 0 Å². The molecule has 0 spiro atoms. The average Bonchev–Trinajstić information content (AvgIpc) is 2.42. The summed E-state index contributed by atoms with van der Waals surface area (Å²) in [6.07, 6.45) is 2.80. The summed E-state index contributed by atoms with van der Waals surface area (Å²) in [7, 11) is 0. The summed E-state index contributed by atoms with van der Waals surface area (Å²) in [6, 6.07) is 1.14. The minimum absolute atomic E-state index is 0.0679. The highest BCUT2D eigenvalue weighted by Crippen LogP contribution is 2.18. The van der Waals surface area contributed by atoms with Crippen molar-refractivity contribution < 1.29 is 13.9 Å². The predicted octanol–water partition coefficient (Wildman–Crippen LogP) is 1.44.